The summed E-state index contributed by atoms with van der Waals surface area (Å²) >= 11 is 1.40. The zero-order valence-electron chi connectivity index (χ0n) is 19.0. The quantitative estimate of drug-likeness (QED) is 0.271. The minimum atomic E-state index is -0.475. The van der Waals surface area contributed by atoms with E-state index in [0.29, 0.717) is 34.8 Å². The molecule has 3 aromatic rings. The number of hydrogen-bond donors (Lipinski definition) is 1. The lowest BCUT2D eigenvalue weighted by molar-refractivity contribution is -0.121. The summed E-state index contributed by atoms with van der Waals surface area (Å²) in [6.07, 6.45) is 1.96. The Kier molecular flexibility index (Phi) is 8.67. The highest BCUT2D eigenvalue weighted by Gasteiger charge is 2.16. The molecule has 180 valence electrons. The van der Waals surface area contributed by atoms with Crippen LogP contribution in [0.15, 0.2) is 58.5 Å². The van der Waals surface area contributed by atoms with Crippen molar-refractivity contribution >= 4 is 28.6 Å². The number of para-hydroxylation sites is 2. The van der Waals surface area contributed by atoms with Crippen LogP contribution in [0.5, 0.6) is 0 Å². The third-order valence-electron chi connectivity index (χ3n) is 5.72. The number of nitrogens with one attached hydrogen (secondary N) is 1. The van der Waals surface area contributed by atoms with Crippen LogP contribution in [0.2, 0.25) is 0 Å². The Balaban J connectivity index is 1.32. The highest BCUT2D eigenvalue weighted by Crippen LogP contribution is 2.23. The molecule has 0 radical (unpaired) electrons. The third kappa shape index (κ3) is 6.22. The van der Waals surface area contributed by atoms with E-state index in [1.54, 1.807) is 36.4 Å². The average molecular weight is 485 g/mol. The van der Waals surface area contributed by atoms with E-state index in [9.17, 15) is 14.0 Å². The Labute approximate surface area is 202 Å². The van der Waals surface area contributed by atoms with Gasteiger partial charge in [-0.15, -0.1) is 0 Å². The van der Waals surface area contributed by atoms with E-state index in [-0.39, 0.29) is 17.2 Å². The van der Waals surface area contributed by atoms with Crippen molar-refractivity contribution in [1.82, 2.24) is 19.8 Å². The smallest absolute Gasteiger partial charge is 0.266 e. The maximum Gasteiger partial charge on any atom is 0.266 e. The van der Waals surface area contributed by atoms with Gasteiger partial charge in [-0.3, -0.25) is 19.1 Å². The lowest BCUT2D eigenvalue weighted by Crippen LogP contribution is -2.41. The summed E-state index contributed by atoms with van der Waals surface area (Å²) in [5.74, 6) is 0.239. The Morgan fingerprint density at radius 3 is 2.68 bits per heavy atom. The number of carbonyl (C=O) groups excluding carboxylic acids is 1. The fourth-order valence-corrected chi connectivity index (χ4v) is 4.88. The van der Waals surface area contributed by atoms with Gasteiger partial charge in [-0.2, -0.15) is 0 Å². The van der Waals surface area contributed by atoms with Crippen LogP contribution in [-0.4, -0.2) is 65.5 Å². The molecule has 4 rings (SSSR count). The molecule has 1 N–H and O–H groups in total. The molecule has 1 aliphatic rings. The number of nitrogens with zero attached hydrogens (tertiary/aromatic N) is 3. The van der Waals surface area contributed by atoms with Crippen LogP contribution in [-0.2, 0) is 9.53 Å². The molecule has 34 heavy (non-hydrogen) atoms. The largest absolute Gasteiger partial charge is 0.379 e. The number of halogens is 1. The summed E-state index contributed by atoms with van der Waals surface area (Å²) < 4.78 is 21.2. The van der Waals surface area contributed by atoms with Crippen molar-refractivity contribution in [2.45, 2.75) is 24.4 Å². The van der Waals surface area contributed by atoms with Gasteiger partial charge in [0.15, 0.2) is 5.16 Å². The standard InChI is InChI=1S/C25H29FN4O3S/c26-20-8-2-4-10-22(20)30-24(32)19-7-1-3-9-21(19)28-25(30)34-18-6-5-11-23(31)27-12-13-29-14-16-33-17-15-29/h1-4,7-10H,5-6,11-18H2,(H,27,31). The molecular weight excluding hydrogens is 455 g/mol. The molecule has 1 amide bonds. The van der Waals surface area contributed by atoms with E-state index >= 15 is 0 Å². The maximum absolute atomic E-state index is 14.5. The van der Waals surface area contributed by atoms with Gasteiger partial charge in [-0.05, 0) is 37.1 Å². The second-order valence-electron chi connectivity index (χ2n) is 8.11. The number of thioether (sulfide) groups is 1. The molecule has 1 saturated heterocycles. The molecule has 1 aromatic heterocycles. The fourth-order valence-electron chi connectivity index (χ4n) is 3.87. The lowest BCUT2D eigenvalue weighted by atomic mass is 10.2. The number of amides is 1. The molecule has 0 unspecified atom stereocenters. The molecular formula is C25H29FN4O3S. The van der Waals surface area contributed by atoms with E-state index < -0.39 is 5.82 Å². The minimum absolute atomic E-state index is 0.0466. The van der Waals surface area contributed by atoms with Gasteiger partial charge in [-0.1, -0.05) is 36.0 Å². The van der Waals surface area contributed by atoms with Crippen LogP contribution in [0.4, 0.5) is 4.39 Å². The summed E-state index contributed by atoms with van der Waals surface area (Å²) in [4.78, 5) is 32.2. The monoisotopic (exact) mass is 484 g/mol. The number of aromatic nitrogens is 2. The predicted molar refractivity (Wildman–Crippen MR) is 132 cm³/mol. The predicted octanol–water partition coefficient (Wildman–Crippen LogP) is 3.24. The molecule has 0 spiro atoms. The number of morpholine rings is 1. The highest BCUT2D eigenvalue weighted by atomic mass is 32.2. The average Bonchev–Trinajstić information content (AvgIpc) is 2.85. The number of benzene rings is 2. The molecule has 0 atom stereocenters. The first kappa shape index (κ1) is 24.4. The normalized spacial score (nSPS) is 14.4. The van der Waals surface area contributed by atoms with Crippen LogP contribution < -0.4 is 10.9 Å². The van der Waals surface area contributed by atoms with Gasteiger partial charge in [0.1, 0.15) is 5.82 Å². The number of unbranched alkanes of at least 4 members (excludes halogenated alkanes) is 1. The molecule has 7 nitrogen and oxygen atoms in total. The van der Waals surface area contributed by atoms with Crippen molar-refractivity contribution in [2.24, 2.45) is 0 Å². The van der Waals surface area contributed by atoms with Crippen molar-refractivity contribution < 1.29 is 13.9 Å². The Morgan fingerprint density at radius 2 is 1.85 bits per heavy atom. The number of ether oxygens (including phenoxy) is 1. The maximum atomic E-state index is 14.5. The number of rotatable bonds is 10. The van der Waals surface area contributed by atoms with E-state index in [1.807, 2.05) is 6.07 Å². The summed E-state index contributed by atoms with van der Waals surface area (Å²) in [5, 5.41) is 3.87. The summed E-state index contributed by atoms with van der Waals surface area (Å²) in [7, 11) is 0. The molecule has 0 aliphatic carbocycles. The molecule has 0 saturated carbocycles. The number of carbonyl (C=O) groups is 1. The Bertz CT molecular complexity index is 1180. The zero-order valence-corrected chi connectivity index (χ0v) is 19.9. The fraction of sp³-hybridized carbons (Fsp3) is 0.400. The van der Waals surface area contributed by atoms with E-state index in [4.69, 9.17) is 4.74 Å². The molecule has 1 aliphatic heterocycles. The number of hydrogen-bond acceptors (Lipinski definition) is 6. The molecule has 2 heterocycles. The topological polar surface area (TPSA) is 76.5 Å². The van der Waals surface area contributed by atoms with Gasteiger partial charge >= 0.3 is 0 Å². The van der Waals surface area contributed by atoms with Gasteiger partial charge in [-0.25, -0.2) is 9.37 Å². The van der Waals surface area contributed by atoms with E-state index in [0.717, 1.165) is 45.7 Å². The second kappa shape index (κ2) is 12.1. The SMILES string of the molecule is O=C(CCCCSc1nc2ccccc2c(=O)n1-c1ccccc1F)NCCN1CCOCC1. The van der Waals surface area contributed by atoms with Crippen LogP contribution in [0.3, 0.4) is 0 Å². The first-order valence-electron chi connectivity index (χ1n) is 11.6. The minimum Gasteiger partial charge on any atom is -0.379 e. The zero-order chi connectivity index (χ0) is 23.8. The summed E-state index contributed by atoms with van der Waals surface area (Å²) in [6.45, 7) is 4.81. The first-order chi connectivity index (χ1) is 16.6. The van der Waals surface area contributed by atoms with Crippen LogP contribution >= 0.6 is 11.8 Å². The van der Waals surface area contributed by atoms with E-state index in [2.05, 4.69) is 15.2 Å². The van der Waals surface area contributed by atoms with Gasteiger partial charge < -0.3 is 10.1 Å². The second-order valence-corrected chi connectivity index (χ2v) is 9.18. The third-order valence-corrected chi connectivity index (χ3v) is 6.75. The van der Waals surface area contributed by atoms with Gasteiger partial charge in [0.05, 0.1) is 29.8 Å². The lowest BCUT2D eigenvalue weighted by Gasteiger charge is -2.26. The summed E-state index contributed by atoms with van der Waals surface area (Å²) in [6, 6.07) is 13.3. The highest BCUT2D eigenvalue weighted by molar-refractivity contribution is 7.99. The van der Waals surface area contributed by atoms with Crippen LogP contribution in [0.25, 0.3) is 16.6 Å². The summed E-state index contributed by atoms with van der Waals surface area (Å²) in [5.41, 5.74) is 0.480. The Hall–Kier alpha value is -2.75. The van der Waals surface area contributed by atoms with E-state index in [1.165, 1.54) is 22.4 Å². The first-order valence-corrected chi connectivity index (χ1v) is 12.6. The molecule has 2 aromatic carbocycles. The van der Waals surface area contributed by atoms with Crippen molar-refractivity contribution in [1.29, 1.82) is 0 Å². The van der Waals surface area contributed by atoms with Gasteiger partial charge in [0.2, 0.25) is 5.91 Å². The van der Waals surface area contributed by atoms with Crippen molar-refractivity contribution in [2.75, 3.05) is 45.1 Å². The van der Waals surface area contributed by atoms with Crippen LogP contribution in [0.1, 0.15) is 19.3 Å². The molecule has 0 bridgehead atoms. The van der Waals surface area contributed by atoms with Crippen molar-refractivity contribution in [3.05, 3.63) is 64.7 Å². The van der Waals surface area contributed by atoms with Gasteiger partial charge in [0.25, 0.3) is 5.56 Å². The Morgan fingerprint density at radius 1 is 1.09 bits per heavy atom. The molecule has 1 fully saturated rings. The van der Waals surface area contributed by atoms with Gasteiger partial charge in [0, 0.05) is 38.4 Å². The van der Waals surface area contributed by atoms with Crippen molar-refractivity contribution in [3.63, 3.8) is 0 Å². The van der Waals surface area contributed by atoms with Crippen molar-refractivity contribution in [3.8, 4) is 5.69 Å². The number of fused-ring (bicyclic) bond motifs is 1. The van der Waals surface area contributed by atoms with Crippen LogP contribution in [0, 0.1) is 5.82 Å². The molecule has 9 heteroatoms.